The number of carbonyl (C=O) groups excluding carboxylic acids is 2. The van der Waals surface area contributed by atoms with Crippen molar-refractivity contribution in [2.75, 3.05) is 26.6 Å². The monoisotopic (exact) mass is 1930 g/mol. The highest BCUT2D eigenvalue weighted by molar-refractivity contribution is 6.08. The minimum Gasteiger partial charge on any atom is -0.457 e. The van der Waals surface area contributed by atoms with Gasteiger partial charge in [-0.25, -0.2) is 49.8 Å². The molecule has 0 atom stereocenters. The number of carbonyl (C=O) groups is 2. The highest BCUT2D eigenvalue weighted by Crippen LogP contribution is 2.47. The van der Waals surface area contributed by atoms with Crippen LogP contribution in [-0.4, -0.2) is 61.5 Å². The fourth-order valence-electron chi connectivity index (χ4n) is 19.0. The van der Waals surface area contributed by atoms with Gasteiger partial charge in [-0.15, -0.1) is 0 Å². The molecular weight excluding hydrogens is 1830 g/mol. The van der Waals surface area contributed by atoms with Crippen LogP contribution in [0.1, 0.15) is 134 Å². The van der Waals surface area contributed by atoms with E-state index in [1.807, 2.05) is 188 Å². The van der Waals surface area contributed by atoms with Crippen molar-refractivity contribution in [2.24, 2.45) is 0 Å². The maximum absolute atomic E-state index is 12.7. The summed E-state index contributed by atoms with van der Waals surface area (Å²) in [5, 5.41) is 25.3. The number of Topliss-reactive ketones (excluding diaryl/α,β-unsaturated/α-hetero) is 1. The van der Waals surface area contributed by atoms with Crippen LogP contribution >= 0.6 is 0 Å². The second kappa shape index (κ2) is 42.0. The number of nitrogens with zero attached hydrogens (tertiary/aromatic N) is 10. The minimum atomic E-state index is -0.140. The van der Waals surface area contributed by atoms with Gasteiger partial charge < -0.3 is 55.6 Å². The van der Waals surface area contributed by atoms with Crippen molar-refractivity contribution < 1.29 is 33.3 Å². The van der Waals surface area contributed by atoms with Crippen molar-refractivity contribution >= 4 is 136 Å². The molecule has 0 radical (unpaired) electrons. The van der Waals surface area contributed by atoms with Gasteiger partial charge in [0.1, 0.15) is 118 Å². The molecule has 1 amide bonds. The third kappa shape index (κ3) is 20.6. The van der Waals surface area contributed by atoms with Crippen LogP contribution in [0.4, 0.5) is 57.5 Å². The molecule has 5 aliphatic rings. The van der Waals surface area contributed by atoms with Crippen LogP contribution < -0.4 is 55.6 Å². The summed E-state index contributed by atoms with van der Waals surface area (Å²) in [5.74, 6) is 11.8. The fraction of sp³-hybridized carbons (Fsp3) is 0.145. The van der Waals surface area contributed by atoms with E-state index in [9.17, 15) is 9.59 Å². The van der Waals surface area contributed by atoms with E-state index >= 15 is 0 Å². The maximum Gasteiger partial charge on any atom is 0.255 e. The van der Waals surface area contributed by atoms with Crippen LogP contribution in [0.2, 0.25) is 0 Å². The molecule has 0 spiro atoms. The van der Waals surface area contributed by atoms with E-state index in [4.69, 9.17) is 23.7 Å². The quantitative estimate of drug-likeness (QED) is 0.0413. The average molecular weight is 1930 g/mol. The summed E-state index contributed by atoms with van der Waals surface area (Å²) in [6.07, 6.45) is 22.7. The summed E-state index contributed by atoms with van der Waals surface area (Å²) in [4.78, 5) is 69.8. The third-order valence-electron chi connectivity index (χ3n) is 27.5. The first-order valence-electron chi connectivity index (χ1n) is 49.3. The normalized spacial score (nSPS) is 12.5. The number of aromatic nitrogens is 10. The molecule has 23 heteroatoms. The zero-order valence-electron chi connectivity index (χ0n) is 83.2. The van der Waals surface area contributed by atoms with E-state index in [2.05, 4.69) is 260 Å². The van der Waals surface area contributed by atoms with Crippen molar-refractivity contribution in [2.45, 2.75) is 121 Å². The average Bonchev–Trinajstić information content (AvgIpc) is 1.66. The Kier molecular flexibility index (Phi) is 27.1. The molecule has 5 aromatic heterocycles. The molecule has 1 aliphatic heterocycles. The Morgan fingerprint density at radius 1 is 0.252 bits per heavy atom. The van der Waals surface area contributed by atoms with Gasteiger partial charge in [-0.2, -0.15) is 0 Å². The maximum atomic E-state index is 12.7. The van der Waals surface area contributed by atoms with Crippen molar-refractivity contribution in [1.29, 1.82) is 0 Å². The number of hydrogen-bond donors (Lipinski definition) is 6. The lowest BCUT2D eigenvalue weighted by molar-refractivity contribution is 0.0961. The van der Waals surface area contributed by atoms with Gasteiger partial charge in [0.15, 0.2) is 5.78 Å². The van der Waals surface area contributed by atoms with Crippen LogP contribution in [0, 0.1) is 69.2 Å². The number of fused-ring (bicyclic) bond motifs is 10. The molecule has 0 unspecified atom stereocenters. The van der Waals surface area contributed by atoms with Crippen LogP contribution in [0.25, 0.3) is 66.7 Å². The standard InChI is InChI=1S/C25H21N3O2.C25H23N3O.2C25H21N3O.C24H20N4O2/c1-15-12-19-21(13-16(15)2)26-14-27-25(19)28-20-9-11-23(18-8-10-22(29)24(18)20)30-17-6-4-3-5-7-17;3*1-16-13-21-23(14-17(16)2)26-15-27-25(21)28-22-11-12-24(20-10-6-9-19(20)22)29-18-7-4-3-5-8-18;1-14-10-17-20(11-15(14)2)26-13-27-23(17)28-19-8-9-21(22-18(19)12-25-24(22)29)30-16-6-4-3-5-7-16/h3-7,9,11-14H,8,10H2,1-2H3,(H,26,27,28);3-5,7-8,11-15H,6,9-10H2,1-2H3,(H,26,27,28);3-8,10-15H,9H2,1-2H3,(H,26,27,28);3-9,11-15H,10H2,1-2H3,(H,26,27,28);3-11,13H,12H2,1-2H3,(H,25,29)(H,26,27,28). The van der Waals surface area contributed by atoms with Crippen molar-refractivity contribution in [1.82, 2.24) is 55.2 Å². The number of amides is 1. The van der Waals surface area contributed by atoms with E-state index in [1.54, 1.807) is 31.6 Å². The predicted molar refractivity (Wildman–Crippen MR) is 588 cm³/mol. The lowest BCUT2D eigenvalue weighted by Gasteiger charge is -2.16. The van der Waals surface area contributed by atoms with Gasteiger partial charge in [0, 0.05) is 102 Å². The Morgan fingerprint density at radius 2 is 0.551 bits per heavy atom. The summed E-state index contributed by atoms with van der Waals surface area (Å²) in [7, 11) is 0. The van der Waals surface area contributed by atoms with Gasteiger partial charge in [-0.3, -0.25) is 9.59 Å². The second-order valence-electron chi connectivity index (χ2n) is 37.3. The van der Waals surface area contributed by atoms with Gasteiger partial charge in [0.05, 0.1) is 38.8 Å². The number of allylic oxidation sites excluding steroid dienone is 2. The summed E-state index contributed by atoms with van der Waals surface area (Å²) in [6.45, 7) is 21.4. The zero-order valence-corrected chi connectivity index (χ0v) is 83.2. The SMILES string of the molecule is Cc1cc2ncnc(Nc3ccc(Oc4ccccc4)c4c3C(=O)CC4)c2cc1C.Cc1cc2ncnc(Nc3ccc(Oc4ccccc4)c4c3C=CC4)c2cc1C.Cc1cc2ncnc(Nc3ccc(Oc4ccccc4)c4c3CC=C4)c2cc1C.Cc1cc2ncnc(Nc3ccc(Oc4ccccc4)c4c3CCC4)c2cc1C.Cc1cc2ncnc(Nc3ccc(Oc4ccccc4)c4c3CNC4=O)c2cc1C. The summed E-state index contributed by atoms with van der Waals surface area (Å²) < 4.78 is 30.5. The highest BCUT2D eigenvalue weighted by atomic mass is 16.5. The highest BCUT2D eigenvalue weighted by Gasteiger charge is 2.31. The number of benzene rings is 15. The molecule has 25 rings (SSSR count). The Balaban J connectivity index is 0.000000108. The van der Waals surface area contributed by atoms with E-state index in [0.29, 0.717) is 53.6 Å². The summed E-state index contributed by atoms with van der Waals surface area (Å²) in [6, 6.07) is 89.8. The number of aryl methyl sites for hydroxylation is 10. The Morgan fingerprint density at radius 3 is 0.959 bits per heavy atom. The first-order chi connectivity index (χ1) is 71.8. The van der Waals surface area contributed by atoms with E-state index in [1.165, 1.54) is 77.9 Å². The number of ether oxygens (including phenoxy) is 5. The zero-order chi connectivity index (χ0) is 101. The van der Waals surface area contributed by atoms with Crippen molar-refractivity contribution in [3.05, 3.63) is 428 Å². The first kappa shape index (κ1) is 94.8. The van der Waals surface area contributed by atoms with Gasteiger partial charge in [-0.1, -0.05) is 115 Å². The molecule has 0 fully saturated rings. The number of nitrogens with one attached hydrogen (secondary N) is 6. The van der Waals surface area contributed by atoms with E-state index < -0.39 is 0 Å². The lowest BCUT2D eigenvalue weighted by Crippen LogP contribution is -2.13. The number of rotatable bonds is 20. The Hall–Kier alpha value is -18.4. The molecular formula is C124H106N16O7. The minimum absolute atomic E-state index is 0.122. The van der Waals surface area contributed by atoms with Crippen LogP contribution in [-0.2, 0) is 38.6 Å². The molecule has 20 aromatic rings. The third-order valence-corrected chi connectivity index (χ3v) is 27.5. The molecule has 4 aliphatic carbocycles. The first-order valence-corrected chi connectivity index (χ1v) is 49.3. The smallest absolute Gasteiger partial charge is 0.255 e. The van der Waals surface area contributed by atoms with Gasteiger partial charge >= 0.3 is 0 Å². The Labute approximate surface area is 851 Å². The molecule has 0 saturated heterocycles. The number of anilines is 10. The Bertz CT molecular complexity index is 8410. The van der Waals surface area contributed by atoms with E-state index in [-0.39, 0.29) is 11.7 Å². The number of hydrogen-bond acceptors (Lipinski definition) is 22. The largest absolute Gasteiger partial charge is 0.457 e. The van der Waals surface area contributed by atoms with Gasteiger partial charge in [0.2, 0.25) is 0 Å². The molecule has 6 N–H and O–H groups in total. The number of ketones is 1. The van der Waals surface area contributed by atoms with E-state index in [0.717, 1.165) is 201 Å². The molecule has 0 saturated carbocycles. The molecule has 147 heavy (non-hydrogen) atoms. The van der Waals surface area contributed by atoms with Gasteiger partial charge in [-0.05, 0) is 357 Å². The summed E-state index contributed by atoms with van der Waals surface area (Å²) in [5.41, 5.74) is 31.8. The van der Waals surface area contributed by atoms with Crippen LogP contribution in [0.15, 0.2) is 317 Å². The van der Waals surface area contributed by atoms with Crippen LogP contribution in [0.5, 0.6) is 57.5 Å². The molecule has 6 heterocycles. The molecule has 0 bridgehead atoms. The second-order valence-corrected chi connectivity index (χ2v) is 37.3. The van der Waals surface area contributed by atoms with Crippen molar-refractivity contribution in [3.8, 4) is 57.5 Å². The topological polar surface area (TPSA) is 281 Å². The summed E-state index contributed by atoms with van der Waals surface area (Å²) >= 11 is 0. The molecule has 15 aromatic carbocycles. The molecule has 724 valence electrons. The predicted octanol–water partition coefficient (Wildman–Crippen LogP) is 29.9. The van der Waals surface area contributed by atoms with Crippen LogP contribution in [0.3, 0.4) is 0 Å². The fourth-order valence-corrected chi connectivity index (χ4v) is 19.0. The lowest BCUT2D eigenvalue weighted by atomic mass is 10.0. The number of para-hydroxylation sites is 5. The van der Waals surface area contributed by atoms with Crippen molar-refractivity contribution in [3.63, 3.8) is 0 Å². The van der Waals surface area contributed by atoms with Gasteiger partial charge in [0.25, 0.3) is 5.91 Å². The molecule has 23 nitrogen and oxygen atoms in total.